The van der Waals surface area contributed by atoms with Crippen LogP contribution in [0, 0.1) is 0 Å². The Morgan fingerprint density at radius 2 is 2.07 bits per heavy atom. The van der Waals surface area contributed by atoms with E-state index in [1.165, 1.54) is 17.4 Å². The Hall–Kier alpha value is -2.35. The number of nitrogens with zero attached hydrogens (tertiary/aromatic N) is 4. The normalized spacial score (nSPS) is 15.6. The molecule has 0 unspecified atom stereocenters. The summed E-state index contributed by atoms with van der Waals surface area (Å²) in [6.45, 7) is 1.88. The highest BCUT2D eigenvalue weighted by atomic mass is 35.5. The number of aromatic nitrogens is 2. The lowest BCUT2D eigenvalue weighted by atomic mass is 10.0. The van der Waals surface area contributed by atoms with Crippen molar-refractivity contribution in [2.45, 2.75) is 18.9 Å². The van der Waals surface area contributed by atoms with Crippen molar-refractivity contribution in [1.82, 2.24) is 14.7 Å². The van der Waals surface area contributed by atoms with Gasteiger partial charge in [-0.25, -0.2) is 4.68 Å². The van der Waals surface area contributed by atoms with E-state index < -0.39 is 0 Å². The molecule has 8 heteroatoms. The fourth-order valence-electron chi connectivity index (χ4n) is 3.48. The number of piperidine rings is 1. The van der Waals surface area contributed by atoms with E-state index >= 15 is 0 Å². The average molecular weight is 417 g/mol. The van der Waals surface area contributed by atoms with Crippen LogP contribution in [0.15, 0.2) is 48.0 Å². The molecule has 0 saturated carbocycles. The smallest absolute Gasteiger partial charge is 0.269 e. The zero-order chi connectivity index (χ0) is 19.7. The summed E-state index contributed by atoms with van der Waals surface area (Å²) in [5, 5.41) is 16.8. The van der Waals surface area contributed by atoms with Gasteiger partial charge in [0.2, 0.25) is 0 Å². The number of aromatic hydroxyl groups is 1. The SMILES string of the molecule is CN1CCC(N(C(=O)c2cccs2)c2ccn(-c3cc(O)ccc3Cl)n2)CC1. The Labute approximate surface area is 172 Å². The molecule has 1 aliphatic rings. The number of hydrogen-bond donors (Lipinski definition) is 1. The molecule has 0 radical (unpaired) electrons. The second-order valence-electron chi connectivity index (χ2n) is 6.94. The first-order chi connectivity index (χ1) is 13.5. The number of phenols is 1. The number of phenolic OH excluding ortho intramolecular Hbond substituents is 1. The van der Waals surface area contributed by atoms with Crippen LogP contribution in [0.3, 0.4) is 0 Å². The molecule has 4 rings (SSSR count). The van der Waals surface area contributed by atoms with Crippen LogP contribution >= 0.6 is 22.9 Å². The van der Waals surface area contributed by atoms with Gasteiger partial charge in [-0.15, -0.1) is 16.4 Å². The highest BCUT2D eigenvalue weighted by molar-refractivity contribution is 7.12. The minimum atomic E-state index is -0.0307. The maximum atomic E-state index is 13.3. The summed E-state index contributed by atoms with van der Waals surface area (Å²) < 4.78 is 1.60. The van der Waals surface area contributed by atoms with Crippen molar-refractivity contribution in [3.05, 3.63) is 57.9 Å². The highest BCUT2D eigenvalue weighted by Gasteiger charge is 2.31. The zero-order valence-electron chi connectivity index (χ0n) is 15.5. The van der Waals surface area contributed by atoms with Gasteiger partial charge in [0.15, 0.2) is 5.82 Å². The van der Waals surface area contributed by atoms with Crippen molar-refractivity contribution >= 4 is 34.7 Å². The molecule has 0 aliphatic carbocycles. The lowest BCUT2D eigenvalue weighted by Crippen LogP contribution is -2.47. The van der Waals surface area contributed by atoms with Crippen LogP contribution < -0.4 is 4.90 Å². The zero-order valence-corrected chi connectivity index (χ0v) is 17.0. The first-order valence-electron chi connectivity index (χ1n) is 9.13. The van der Waals surface area contributed by atoms with Crippen LogP contribution in [0.1, 0.15) is 22.5 Å². The Morgan fingerprint density at radius 1 is 1.29 bits per heavy atom. The van der Waals surface area contributed by atoms with Crippen LogP contribution in [-0.2, 0) is 0 Å². The van der Waals surface area contributed by atoms with Gasteiger partial charge in [-0.05, 0) is 56.6 Å². The molecule has 2 aromatic heterocycles. The molecule has 146 valence electrons. The van der Waals surface area contributed by atoms with Crippen molar-refractivity contribution in [2.24, 2.45) is 0 Å². The Kier molecular flexibility index (Phi) is 5.39. The summed E-state index contributed by atoms with van der Waals surface area (Å²) >= 11 is 7.71. The molecule has 0 spiro atoms. The lowest BCUT2D eigenvalue weighted by molar-refractivity contribution is 0.0966. The van der Waals surface area contributed by atoms with E-state index in [0.717, 1.165) is 25.9 Å². The molecule has 1 fully saturated rings. The van der Waals surface area contributed by atoms with Gasteiger partial charge < -0.3 is 10.0 Å². The molecule has 1 amide bonds. The molecule has 6 nitrogen and oxygen atoms in total. The molecule has 28 heavy (non-hydrogen) atoms. The monoisotopic (exact) mass is 416 g/mol. The van der Waals surface area contributed by atoms with Gasteiger partial charge in [0, 0.05) is 24.4 Å². The van der Waals surface area contributed by atoms with E-state index in [4.69, 9.17) is 11.6 Å². The molecule has 0 atom stereocenters. The summed E-state index contributed by atoms with van der Waals surface area (Å²) in [4.78, 5) is 18.0. The number of rotatable bonds is 4. The van der Waals surface area contributed by atoms with Crippen molar-refractivity contribution in [3.63, 3.8) is 0 Å². The predicted molar refractivity (Wildman–Crippen MR) is 112 cm³/mol. The van der Waals surface area contributed by atoms with Gasteiger partial charge in [-0.3, -0.25) is 9.69 Å². The number of hydrogen-bond acceptors (Lipinski definition) is 5. The fraction of sp³-hybridized carbons (Fsp3) is 0.300. The van der Waals surface area contributed by atoms with Crippen molar-refractivity contribution in [3.8, 4) is 11.4 Å². The number of carbonyl (C=O) groups is 1. The van der Waals surface area contributed by atoms with E-state index in [1.807, 2.05) is 28.5 Å². The largest absolute Gasteiger partial charge is 0.508 e. The summed E-state index contributed by atoms with van der Waals surface area (Å²) in [7, 11) is 2.10. The number of halogens is 1. The third kappa shape index (κ3) is 3.78. The second kappa shape index (κ2) is 7.95. The van der Waals surface area contributed by atoms with Gasteiger partial charge in [-0.1, -0.05) is 17.7 Å². The first-order valence-corrected chi connectivity index (χ1v) is 10.4. The highest BCUT2D eigenvalue weighted by Crippen LogP contribution is 2.29. The summed E-state index contributed by atoms with van der Waals surface area (Å²) in [5.74, 6) is 0.669. The molecule has 3 aromatic rings. The standard InChI is InChI=1S/C20H21ClN4O2S/c1-23-9-6-14(7-10-23)25(20(27)18-3-2-12-28-18)19-8-11-24(22-19)17-13-15(26)4-5-16(17)21/h2-5,8,11-14,26H,6-7,9-10H2,1H3. The van der Waals surface area contributed by atoms with Crippen molar-refractivity contribution in [1.29, 1.82) is 0 Å². The molecule has 1 aromatic carbocycles. The Morgan fingerprint density at radius 3 is 2.79 bits per heavy atom. The molecular formula is C20H21ClN4O2S. The number of carbonyl (C=O) groups excluding carboxylic acids is 1. The van der Waals surface area contributed by atoms with Crippen LogP contribution in [0.5, 0.6) is 5.75 Å². The van der Waals surface area contributed by atoms with Crippen LogP contribution in [-0.4, -0.2) is 51.9 Å². The number of likely N-dealkylation sites (tertiary alicyclic amines) is 1. The van der Waals surface area contributed by atoms with Gasteiger partial charge in [0.1, 0.15) is 5.75 Å². The molecule has 0 bridgehead atoms. The maximum Gasteiger partial charge on any atom is 0.269 e. The minimum Gasteiger partial charge on any atom is -0.508 e. The average Bonchev–Trinajstić information content (AvgIpc) is 3.38. The van der Waals surface area contributed by atoms with E-state index in [0.29, 0.717) is 21.4 Å². The van der Waals surface area contributed by atoms with Crippen molar-refractivity contribution < 1.29 is 9.90 Å². The number of amides is 1. The quantitative estimate of drug-likeness (QED) is 0.697. The number of anilines is 1. The summed E-state index contributed by atoms with van der Waals surface area (Å²) in [6.07, 6.45) is 3.56. The summed E-state index contributed by atoms with van der Waals surface area (Å²) in [6, 6.07) is 10.4. The first kappa shape index (κ1) is 19.0. The van der Waals surface area contributed by atoms with Gasteiger partial charge in [-0.2, -0.15) is 0 Å². The number of benzene rings is 1. The predicted octanol–water partition coefficient (Wildman–Crippen LogP) is 4.03. The van der Waals surface area contributed by atoms with E-state index in [2.05, 4.69) is 17.0 Å². The number of thiophene rings is 1. The fourth-order valence-corrected chi connectivity index (χ4v) is 4.35. The molecule has 1 saturated heterocycles. The Balaban J connectivity index is 1.70. The van der Waals surface area contributed by atoms with Crippen LogP contribution in [0.2, 0.25) is 5.02 Å². The van der Waals surface area contributed by atoms with Crippen molar-refractivity contribution in [2.75, 3.05) is 25.0 Å². The van der Waals surface area contributed by atoms with E-state index in [9.17, 15) is 9.90 Å². The molecule has 3 heterocycles. The van der Waals surface area contributed by atoms with Gasteiger partial charge >= 0.3 is 0 Å². The van der Waals surface area contributed by atoms with Gasteiger partial charge in [0.25, 0.3) is 5.91 Å². The summed E-state index contributed by atoms with van der Waals surface area (Å²) in [5.41, 5.74) is 0.569. The van der Waals surface area contributed by atoms with Crippen LogP contribution in [0.4, 0.5) is 5.82 Å². The van der Waals surface area contributed by atoms with Gasteiger partial charge in [0.05, 0.1) is 15.6 Å². The third-order valence-corrected chi connectivity index (χ3v) is 6.18. The van der Waals surface area contributed by atoms with E-state index in [1.54, 1.807) is 23.0 Å². The third-order valence-electron chi connectivity index (χ3n) is 5.00. The van der Waals surface area contributed by atoms with E-state index in [-0.39, 0.29) is 17.7 Å². The van der Waals surface area contributed by atoms with Crippen LogP contribution in [0.25, 0.3) is 5.69 Å². The minimum absolute atomic E-state index is 0.0307. The maximum absolute atomic E-state index is 13.3. The topological polar surface area (TPSA) is 61.6 Å². The molecule has 1 N–H and O–H groups in total. The molecule has 1 aliphatic heterocycles. The molecular weight excluding hydrogens is 396 g/mol. The lowest BCUT2D eigenvalue weighted by Gasteiger charge is -2.36. The Bertz CT molecular complexity index is 965. The second-order valence-corrected chi connectivity index (χ2v) is 8.30.